The van der Waals surface area contributed by atoms with Crippen molar-refractivity contribution in [3.63, 3.8) is 0 Å². The first-order valence-electron chi connectivity index (χ1n) is 7.65. The highest BCUT2D eigenvalue weighted by Crippen LogP contribution is 2.36. The van der Waals surface area contributed by atoms with E-state index in [0.717, 1.165) is 38.6 Å². The summed E-state index contributed by atoms with van der Waals surface area (Å²) in [5, 5.41) is 13.5. The van der Waals surface area contributed by atoms with Crippen molar-refractivity contribution in [1.82, 2.24) is 15.1 Å². The van der Waals surface area contributed by atoms with Gasteiger partial charge < -0.3 is 15.3 Å². The second kappa shape index (κ2) is 5.45. The predicted molar refractivity (Wildman–Crippen MR) is 72.7 cm³/mol. The highest BCUT2D eigenvalue weighted by Gasteiger charge is 2.44. The van der Waals surface area contributed by atoms with Crippen LogP contribution in [0.1, 0.15) is 32.1 Å². The maximum absolute atomic E-state index is 10.0. The predicted octanol–water partition coefficient (Wildman–Crippen LogP) is 0.271. The lowest BCUT2D eigenvalue weighted by atomic mass is 9.82. The Labute approximate surface area is 110 Å². The zero-order valence-corrected chi connectivity index (χ0v) is 11.4. The highest BCUT2D eigenvalue weighted by molar-refractivity contribution is 5.01. The molecule has 2 atom stereocenters. The Bertz CT molecular complexity index is 278. The average Bonchev–Trinajstić information content (AvgIpc) is 2.69. The van der Waals surface area contributed by atoms with Crippen LogP contribution in [0.4, 0.5) is 0 Å². The molecule has 0 saturated carbocycles. The van der Waals surface area contributed by atoms with E-state index in [0.29, 0.717) is 6.61 Å². The topological polar surface area (TPSA) is 38.7 Å². The lowest BCUT2D eigenvalue weighted by molar-refractivity contribution is -0.0290. The number of nitrogens with zero attached hydrogens (tertiary/aromatic N) is 2. The van der Waals surface area contributed by atoms with E-state index in [1.54, 1.807) is 0 Å². The fourth-order valence-corrected chi connectivity index (χ4v) is 4.16. The van der Waals surface area contributed by atoms with Gasteiger partial charge in [0.1, 0.15) is 0 Å². The third kappa shape index (κ3) is 2.31. The van der Waals surface area contributed by atoms with Crippen LogP contribution < -0.4 is 5.32 Å². The highest BCUT2D eigenvalue weighted by atomic mass is 16.3. The van der Waals surface area contributed by atoms with E-state index < -0.39 is 0 Å². The Morgan fingerprint density at radius 3 is 2.94 bits per heavy atom. The van der Waals surface area contributed by atoms with E-state index >= 15 is 0 Å². The molecule has 2 N–H and O–H groups in total. The van der Waals surface area contributed by atoms with Crippen molar-refractivity contribution in [2.75, 3.05) is 45.9 Å². The molecule has 3 rings (SSSR count). The van der Waals surface area contributed by atoms with E-state index in [2.05, 4.69) is 15.1 Å². The van der Waals surface area contributed by atoms with Gasteiger partial charge in [-0.2, -0.15) is 0 Å². The average molecular weight is 253 g/mol. The zero-order chi connectivity index (χ0) is 12.4. The van der Waals surface area contributed by atoms with Gasteiger partial charge in [0.2, 0.25) is 0 Å². The van der Waals surface area contributed by atoms with Gasteiger partial charge in [0, 0.05) is 37.8 Å². The van der Waals surface area contributed by atoms with Crippen molar-refractivity contribution in [1.29, 1.82) is 0 Å². The number of fused-ring (bicyclic) bond motifs is 1. The molecule has 0 spiro atoms. The molecule has 0 aliphatic carbocycles. The quantitative estimate of drug-likeness (QED) is 0.741. The Kier molecular flexibility index (Phi) is 3.89. The summed E-state index contributed by atoms with van der Waals surface area (Å²) in [7, 11) is 0. The number of nitrogens with one attached hydrogen (secondary N) is 1. The summed E-state index contributed by atoms with van der Waals surface area (Å²) in [4.78, 5) is 5.23. The lowest BCUT2D eigenvalue weighted by Crippen LogP contribution is -2.60. The summed E-state index contributed by atoms with van der Waals surface area (Å²) >= 11 is 0. The largest absolute Gasteiger partial charge is 0.394 e. The molecule has 3 aliphatic heterocycles. The minimum Gasteiger partial charge on any atom is -0.394 e. The van der Waals surface area contributed by atoms with Crippen LogP contribution in [0.5, 0.6) is 0 Å². The van der Waals surface area contributed by atoms with E-state index in [9.17, 15) is 5.11 Å². The Hall–Kier alpha value is -0.160. The standard InChI is InChI=1S/C14H27N3O/c18-12-14(17-8-2-5-15-6-10-17)4-9-16-7-1-3-13(16)11-14/h13,15,18H,1-12H2. The van der Waals surface area contributed by atoms with Crippen LogP contribution in [0.3, 0.4) is 0 Å². The number of aliphatic hydroxyl groups excluding tert-OH is 1. The van der Waals surface area contributed by atoms with Gasteiger partial charge in [-0.05, 0) is 45.2 Å². The molecular formula is C14H27N3O. The van der Waals surface area contributed by atoms with Crippen LogP contribution in [0, 0.1) is 0 Å². The van der Waals surface area contributed by atoms with E-state index in [-0.39, 0.29) is 5.54 Å². The molecule has 4 heteroatoms. The molecule has 18 heavy (non-hydrogen) atoms. The Morgan fingerprint density at radius 2 is 2.06 bits per heavy atom. The SMILES string of the molecule is OCC1(N2CCCNCC2)CCN2CCCC2C1. The molecule has 3 aliphatic rings. The second-order valence-corrected chi connectivity index (χ2v) is 6.26. The molecule has 0 amide bonds. The van der Waals surface area contributed by atoms with E-state index in [1.807, 2.05) is 0 Å². The third-order valence-corrected chi connectivity index (χ3v) is 5.28. The van der Waals surface area contributed by atoms with Crippen LogP contribution in [0.2, 0.25) is 0 Å². The molecular weight excluding hydrogens is 226 g/mol. The molecule has 2 unspecified atom stereocenters. The van der Waals surface area contributed by atoms with Crippen molar-refractivity contribution in [3.8, 4) is 0 Å². The third-order valence-electron chi connectivity index (χ3n) is 5.28. The van der Waals surface area contributed by atoms with Gasteiger partial charge in [-0.3, -0.25) is 4.90 Å². The molecule has 0 radical (unpaired) electrons. The van der Waals surface area contributed by atoms with Gasteiger partial charge in [0.05, 0.1) is 6.61 Å². The number of piperidine rings is 1. The monoisotopic (exact) mass is 253 g/mol. The number of hydrogen-bond donors (Lipinski definition) is 2. The summed E-state index contributed by atoms with van der Waals surface area (Å²) in [5.41, 5.74) is 0.0809. The summed E-state index contributed by atoms with van der Waals surface area (Å²) in [6.07, 6.45) is 6.25. The van der Waals surface area contributed by atoms with Gasteiger partial charge in [0.25, 0.3) is 0 Å². The van der Waals surface area contributed by atoms with Crippen molar-refractivity contribution in [3.05, 3.63) is 0 Å². The van der Waals surface area contributed by atoms with Crippen LogP contribution in [-0.2, 0) is 0 Å². The molecule has 0 aromatic heterocycles. The minimum absolute atomic E-state index is 0.0809. The lowest BCUT2D eigenvalue weighted by Gasteiger charge is -2.49. The van der Waals surface area contributed by atoms with E-state index in [1.165, 1.54) is 38.8 Å². The maximum atomic E-state index is 10.0. The second-order valence-electron chi connectivity index (χ2n) is 6.26. The summed E-state index contributed by atoms with van der Waals surface area (Å²) < 4.78 is 0. The number of hydrogen-bond acceptors (Lipinski definition) is 4. The molecule has 0 aromatic rings. The molecule has 104 valence electrons. The zero-order valence-electron chi connectivity index (χ0n) is 11.4. The molecule has 0 bridgehead atoms. The van der Waals surface area contributed by atoms with Crippen LogP contribution in [-0.4, -0.2) is 72.4 Å². The van der Waals surface area contributed by atoms with Crippen molar-refractivity contribution in [2.45, 2.75) is 43.7 Å². The molecule has 4 nitrogen and oxygen atoms in total. The number of rotatable bonds is 2. The fourth-order valence-electron chi connectivity index (χ4n) is 4.16. The Morgan fingerprint density at radius 1 is 1.11 bits per heavy atom. The van der Waals surface area contributed by atoms with E-state index in [4.69, 9.17) is 0 Å². The van der Waals surface area contributed by atoms with Crippen LogP contribution in [0.25, 0.3) is 0 Å². The van der Waals surface area contributed by atoms with Crippen molar-refractivity contribution < 1.29 is 5.11 Å². The molecule has 0 aromatic carbocycles. The van der Waals surface area contributed by atoms with Crippen molar-refractivity contribution >= 4 is 0 Å². The molecule has 3 heterocycles. The summed E-state index contributed by atoms with van der Waals surface area (Å²) in [6, 6.07) is 0.738. The normalized spacial score (nSPS) is 39.5. The van der Waals surface area contributed by atoms with Crippen molar-refractivity contribution in [2.24, 2.45) is 0 Å². The van der Waals surface area contributed by atoms with Gasteiger partial charge in [0.15, 0.2) is 0 Å². The van der Waals surface area contributed by atoms with Gasteiger partial charge in [-0.15, -0.1) is 0 Å². The van der Waals surface area contributed by atoms with Crippen LogP contribution in [0.15, 0.2) is 0 Å². The first kappa shape index (κ1) is 12.9. The first-order chi connectivity index (χ1) is 8.84. The van der Waals surface area contributed by atoms with Gasteiger partial charge >= 0.3 is 0 Å². The fraction of sp³-hybridized carbons (Fsp3) is 1.00. The minimum atomic E-state index is 0.0809. The summed E-state index contributed by atoms with van der Waals surface area (Å²) in [6.45, 7) is 7.29. The molecule has 3 saturated heterocycles. The van der Waals surface area contributed by atoms with Gasteiger partial charge in [-0.1, -0.05) is 0 Å². The molecule has 3 fully saturated rings. The van der Waals surface area contributed by atoms with Gasteiger partial charge in [-0.25, -0.2) is 0 Å². The Balaban J connectivity index is 1.72. The number of aliphatic hydroxyl groups is 1. The maximum Gasteiger partial charge on any atom is 0.0616 e. The smallest absolute Gasteiger partial charge is 0.0616 e. The van der Waals surface area contributed by atoms with Crippen LogP contribution >= 0.6 is 0 Å². The first-order valence-corrected chi connectivity index (χ1v) is 7.65. The summed E-state index contributed by atoms with van der Waals surface area (Å²) in [5.74, 6) is 0.